The molecule has 1 amide bonds. The summed E-state index contributed by atoms with van der Waals surface area (Å²) in [7, 11) is 0. The van der Waals surface area contributed by atoms with Gasteiger partial charge in [0, 0.05) is 36.6 Å². The summed E-state index contributed by atoms with van der Waals surface area (Å²) in [6.07, 6.45) is 1.50. The molecule has 1 atom stereocenters. The molecule has 0 aromatic heterocycles. The van der Waals surface area contributed by atoms with Crippen LogP contribution >= 0.6 is 0 Å². The van der Waals surface area contributed by atoms with Crippen LogP contribution in [-0.4, -0.2) is 31.4 Å². The van der Waals surface area contributed by atoms with Crippen molar-refractivity contribution < 1.29 is 14.3 Å². The van der Waals surface area contributed by atoms with Crippen molar-refractivity contribution in [3.63, 3.8) is 0 Å². The molecule has 0 bridgehead atoms. The average Bonchev–Trinajstić information content (AvgIpc) is 3.19. The van der Waals surface area contributed by atoms with Crippen molar-refractivity contribution in [1.29, 1.82) is 0 Å². The Morgan fingerprint density at radius 2 is 1.88 bits per heavy atom. The van der Waals surface area contributed by atoms with Crippen LogP contribution in [0.5, 0.6) is 0 Å². The summed E-state index contributed by atoms with van der Waals surface area (Å²) in [5.41, 5.74) is 3.34. The van der Waals surface area contributed by atoms with E-state index in [0.29, 0.717) is 24.4 Å². The number of ether oxygens (including phenoxy) is 1. The molecule has 4 nitrogen and oxygen atoms in total. The predicted molar refractivity (Wildman–Crippen MR) is 97.8 cm³/mol. The van der Waals surface area contributed by atoms with E-state index < -0.39 is 0 Å². The molecule has 1 N–H and O–H groups in total. The van der Waals surface area contributed by atoms with Gasteiger partial charge in [-0.3, -0.25) is 9.59 Å². The van der Waals surface area contributed by atoms with E-state index in [1.54, 1.807) is 0 Å². The van der Waals surface area contributed by atoms with Crippen LogP contribution in [0.2, 0.25) is 0 Å². The standard InChI is InChI=1S/C21H23NO3/c1-2-20(23)19-5-3-4-18(12-19)16-6-8-17(9-7-16)21(24)22-13-15-10-11-25-14-15/h3-9,12,15H,2,10-11,13-14H2,1H3,(H,22,24). The van der Waals surface area contributed by atoms with Crippen molar-refractivity contribution in [2.75, 3.05) is 19.8 Å². The topological polar surface area (TPSA) is 55.4 Å². The third-order valence-electron chi connectivity index (χ3n) is 4.56. The fourth-order valence-electron chi connectivity index (χ4n) is 2.97. The number of nitrogens with one attached hydrogen (secondary N) is 1. The van der Waals surface area contributed by atoms with Crippen LogP contribution in [0.3, 0.4) is 0 Å². The maximum atomic E-state index is 12.2. The third-order valence-corrected chi connectivity index (χ3v) is 4.56. The number of benzene rings is 2. The maximum Gasteiger partial charge on any atom is 0.251 e. The molecule has 0 saturated carbocycles. The van der Waals surface area contributed by atoms with Gasteiger partial charge in [-0.25, -0.2) is 0 Å². The SMILES string of the molecule is CCC(=O)c1cccc(-c2ccc(C(=O)NCC3CCOC3)cc2)c1. The lowest BCUT2D eigenvalue weighted by molar-refractivity contribution is 0.0943. The normalized spacial score (nSPS) is 16.6. The Bertz CT molecular complexity index is 746. The fraction of sp³-hybridized carbons (Fsp3) is 0.333. The number of amides is 1. The summed E-state index contributed by atoms with van der Waals surface area (Å²) in [6.45, 7) is 4.03. The van der Waals surface area contributed by atoms with Gasteiger partial charge in [0.05, 0.1) is 6.61 Å². The highest BCUT2D eigenvalue weighted by atomic mass is 16.5. The number of carbonyl (C=O) groups is 2. The number of ketones is 1. The molecule has 1 fully saturated rings. The summed E-state index contributed by atoms with van der Waals surface area (Å²) in [6, 6.07) is 15.1. The van der Waals surface area contributed by atoms with E-state index in [1.165, 1.54) is 0 Å². The molecule has 0 aliphatic carbocycles. The van der Waals surface area contributed by atoms with Gasteiger partial charge < -0.3 is 10.1 Å². The Hall–Kier alpha value is -2.46. The van der Waals surface area contributed by atoms with Gasteiger partial charge in [-0.1, -0.05) is 37.3 Å². The minimum Gasteiger partial charge on any atom is -0.381 e. The first-order valence-electron chi connectivity index (χ1n) is 8.77. The second kappa shape index (κ2) is 8.08. The molecule has 2 aromatic carbocycles. The van der Waals surface area contributed by atoms with E-state index in [-0.39, 0.29) is 11.7 Å². The summed E-state index contributed by atoms with van der Waals surface area (Å²) in [5, 5.41) is 2.97. The van der Waals surface area contributed by atoms with Crippen LogP contribution in [-0.2, 0) is 4.74 Å². The van der Waals surface area contributed by atoms with Crippen molar-refractivity contribution in [1.82, 2.24) is 5.32 Å². The van der Waals surface area contributed by atoms with Crippen LogP contribution < -0.4 is 5.32 Å². The van der Waals surface area contributed by atoms with E-state index in [0.717, 1.165) is 36.3 Å². The van der Waals surface area contributed by atoms with Crippen LogP contribution in [0.15, 0.2) is 48.5 Å². The minimum atomic E-state index is -0.0617. The molecule has 1 aliphatic heterocycles. The smallest absolute Gasteiger partial charge is 0.251 e. The second-order valence-electron chi connectivity index (χ2n) is 6.37. The lowest BCUT2D eigenvalue weighted by atomic mass is 9.99. The Labute approximate surface area is 148 Å². The molecule has 3 rings (SSSR count). The van der Waals surface area contributed by atoms with Crippen molar-refractivity contribution in [2.45, 2.75) is 19.8 Å². The van der Waals surface area contributed by atoms with E-state index in [4.69, 9.17) is 4.74 Å². The van der Waals surface area contributed by atoms with Gasteiger partial charge in [0.15, 0.2) is 5.78 Å². The van der Waals surface area contributed by atoms with Crippen LogP contribution in [0, 0.1) is 5.92 Å². The molecule has 0 spiro atoms. The predicted octanol–water partition coefficient (Wildman–Crippen LogP) is 3.71. The van der Waals surface area contributed by atoms with E-state index in [2.05, 4.69) is 5.32 Å². The second-order valence-corrected chi connectivity index (χ2v) is 6.37. The molecule has 130 valence electrons. The van der Waals surface area contributed by atoms with Gasteiger partial charge >= 0.3 is 0 Å². The fourth-order valence-corrected chi connectivity index (χ4v) is 2.97. The first-order chi connectivity index (χ1) is 12.2. The summed E-state index contributed by atoms with van der Waals surface area (Å²) in [4.78, 5) is 24.1. The average molecular weight is 337 g/mol. The number of rotatable bonds is 6. The molecule has 1 unspecified atom stereocenters. The first kappa shape index (κ1) is 17.4. The molecule has 25 heavy (non-hydrogen) atoms. The third kappa shape index (κ3) is 4.34. The van der Waals surface area contributed by atoms with Crippen molar-refractivity contribution >= 4 is 11.7 Å². The lowest BCUT2D eigenvalue weighted by Gasteiger charge is -2.10. The number of hydrogen-bond donors (Lipinski definition) is 1. The maximum absolute atomic E-state index is 12.2. The zero-order chi connectivity index (χ0) is 17.6. The summed E-state index contributed by atoms with van der Waals surface area (Å²) < 4.78 is 5.32. The largest absolute Gasteiger partial charge is 0.381 e. The van der Waals surface area contributed by atoms with Crippen molar-refractivity contribution in [3.8, 4) is 11.1 Å². The first-order valence-corrected chi connectivity index (χ1v) is 8.77. The molecule has 1 heterocycles. The van der Waals surface area contributed by atoms with E-state index in [9.17, 15) is 9.59 Å². The van der Waals surface area contributed by atoms with E-state index >= 15 is 0 Å². The van der Waals surface area contributed by atoms with Gasteiger partial charge in [-0.15, -0.1) is 0 Å². The van der Waals surface area contributed by atoms with Gasteiger partial charge in [0.2, 0.25) is 0 Å². The molecular formula is C21H23NO3. The Morgan fingerprint density at radius 3 is 2.56 bits per heavy atom. The highest BCUT2D eigenvalue weighted by Crippen LogP contribution is 2.22. The monoisotopic (exact) mass is 337 g/mol. The van der Waals surface area contributed by atoms with Crippen LogP contribution in [0.1, 0.15) is 40.5 Å². The van der Waals surface area contributed by atoms with Gasteiger partial charge in [-0.05, 0) is 35.7 Å². The minimum absolute atomic E-state index is 0.0617. The lowest BCUT2D eigenvalue weighted by Crippen LogP contribution is -2.29. The molecule has 4 heteroatoms. The molecule has 2 aromatic rings. The van der Waals surface area contributed by atoms with E-state index in [1.807, 2.05) is 55.5 Å². The number of carbonyl (C=O) groups excluding carboxylic acids is 2. The number of Topliss-reactive ketones (excluding diaryl/α,β-unsaturated/α-hetero) is 1. The molecular weight excluding hydrogens is 314 g/mol. The quantitative estimate of drug-likeness (QED) is 0.818. The Kier molecular flexibility index (Phi) is 5.61. The van der Waals surface area contributed by atoms with Gasteiger partial charge in [0.25, 0.3) is 5.91 Å². The van der Waals surface area contributed by atoms with Crippen molar-refractivity contribution in [3.05, 3.63) is 59.7 Å². The Morgan fingerprint density at radius 1 is 1.08 bits per heavy atom. The van der Waals surface area contributed by atoms with Crippen molar-refractivity contribution in [2.24, 2.45) is 5.92 Å². The molecule has 1 aliphatic rings. The summed E-state index contributed by atoms with van der Waals surface area (Å²) in [5.74, 6) is 0.490. The summed E-state index contributed by atoms with van der Waals surface area (Å²) >= 11 is 0. The zero-order valence-electron chi connectivity index (χ0n) is 14.5. The van der Waals surface area contributed by atoms with Gasteiger partial charge in [-0.2, -0.15) is 0 Å². The van der Waals surface area contributed by atoms with Crippen LogP contribution in [0.25, 0.3) is 11.1 Å². The van der Waals surface area contributed by atoms with Gasteiger partial charge in [0.1, 0.15) is 0 Å². The zero-order valence-corrected chi connectivity index (χ0v) is 14.5. The Balaban J connectivity index is 1.67. The molecule has 1 saturated heterocycles. The highest BCUT2D eigenvalue weighted by molar-refractivity contribution is 5.97. The highest BCUT2D eigenvalue weighted by Gasteiger charge is 2.16. The van der Waals surface area contributed by atoms with Crippen LogP contribution in [0.4, 0.5) is 0 Å². The molecule has 0 radical (unpaired) electrons. The number of hydrogen-bond acceptors (Lipinski definition) is 3.